The molecule has 148 valence electrons. The Morgan fingerprint density at radius 2 is 2.04 bits per heavy atom. The van der Waals surface area contributed by atoms with E-state index in [0.717, 1.165) is 31.6 Å². The van der Waals surface area contributed by atoms with Gasteiger partial charge in [-0.05, 0) is 44.8 Å². The fourth-order valence-electron chi connectivity index (χ4n) is 2.57. The first-order valence-corrected chi connectivity index (χ1v) is 11.7. The molecule has 0 radical (unpaired) electrons. The molecule has 1 heterocycles. The van der Waals surface area contributed by atoms with E-state index in [1.54, 1.807) is 10.8 Å². The zero-order valence-corrected chi connectivity index (χ0v) is 18.2. The van der Waals surface area contributed by atoms with Crippen LogP contribution in [0.25, 0.3) is 0 Å². The van der Waals surface area contributed by atoms with Crippen LogP contribution < -0.4 is 5.32 Å². The smallest absolute Gasteiger partial charge is 0.217 e. The highest BCUT2D eigenvalue weighted by Gasteiger charge is 2.33. The molecule has 0 aromatic heterocycles. The van der Waals surface area contributed by atoms with Crippen LogP contribution >= 0.6 is 21.6 Å². The van der Waals surface area contributed by atoms with Gasteiger partial charge >= 0.3 is 0 Å². The van der Waals surface area contributed by atoms with Crippen LogP contribution in [0, 0.1) is 5.41 Å². The van der Waals surface area contributed by atoms with Crippen molar-refractivity contribution in [2.75, 3.05) is 31.8 Å². The molecule has 0 aliphatic carbocycles. The molecule has 25 heavy (non-hydrogen) atoms. The molecule has 1 saturated heterocycles. The van der Waals surface area contributed by atoms with Gasteiger partial charge in [0.25, 0.3) is 0 Å². The summed E-state index contributed by atoms with van der Waals surface area (Å²) in [7, 11) is 3.66. The molecule has 1 amide bonds. The van der Waals surface area contributed by atoms with Crippen molar-refractivity contribution in [3.63, 3.8) is 0 Å². The van der Waals surface area contributed by atoms with Gasteiger partial charge in [0.05, 0.1) is 18.2 Å². The number of hydrogen-bond acceptors (Lipinski definition) is 6. The standard InChI is InChI=1S/C18H35NO4S2/c1-14(20)19-15-8-7-10-22-16(15)23-18(4,5)9-11-21-12-17(2,3)13-25-24-6/h15-16H,7-13H2,1-6H3,(H,19,20). The third-order valence-corrected chi connectivity index (χ3v) is 6.20. The lowest BCUT2D eigenvalue weighted by Gasteiger charge is -2.37. The Hall–Kier alpha value is 0.0500. The van der Waals surface area contributed by atoms with Crippen molar-refractivity contribution in [3.8, 4) is 0 Å². The zero-order valence-electron chi connectivity index (χ0n) is 16.6. The van der Waals surface area contributed by atoms with E-state index in [9.17, 15) is 4.79 Å². The fourth-order valence-corrected chi connectivity index (χ4v) is 4.40. The van der Waals surface area contributed by atoms with Crippen LogP contribution in [0.2, 0.25) is 0 Å². The molecule has 2 atom stereocenters. The van der Waals surface area contributed by atoms with E-state index in [2.05, 4.69) is 25.4 Å². The summed E-state index contributed by atoms with van der Waals surface area (Å²) in [6.07, 6.45) is 4.33. The zero-order chi connectivity index (χ0) is 18.9. The molecule has 0 aromatic carbocycles. The second-order valence-electron chi connectivity index (χ2n) is 7.96. The Morgan fingerprint density at radius 3 is 2.68 bits per heavy atom. The monoisotopic (exact) mass is 393 g/mol. The molecule has 7 heteroatoms. The number of carbonyl (C=O) groups excluding carboxylic acids is 1. The lowest BCUT2D eigenvalue weighted by Crippen LogP contribution is -2.50. The molecular formula is C18H35NO4S2. The predicted molar refractivity (Wildman–Crippen MR) is 107 cm³/mol. The number of amides is 1. The van der Waals surface area contributed by atoms with Gasteiger partial charge in [0, 0.05) is 25.9 Å². The summed E-state index contributed by atoms with van der Waals surface area (Å²) in [6.45, 7) is 12.2. The number of nitrogens with one attached hydrogen (secondary N) is 1. The van der Waals surface area contributed by atoms with Gasteiger partial charge in [0.2, 0.25) is 5.91 Å². The summed E-state index contributed by atoms with van der Waals surface area (Å²) < 4.78 is 17.8. The van der Waals surface area contributed by atoms with E-state index in [1.807, 2.05) is 24.6 Å². The van der Waals surface area contributed by atoms with E-state index >= 15 is 0 Å². The molecule has 1 aliphatic rings. The van der Waals surface area contributed by atoms with E-state index in [4.69, 9.17) is 14.2 Å². The van der Waals surface area contributed by atoms with Crippen LogP contribution in [0.3, 0.4) is 0 Å². The predicted octanol–water partition coefficient (Wildman–Crippen LogP) is 3.87. The molecule has 0 bridgehead atoms. The highest BCUT2D eigenvalue weighted by molar-refractivity contribution is 8.76. The Balaban J connectivity index is 2.37. The van der Waals surface area contributed by atoms with Gasteiger partial charge in [-0.2, -0.15) is 0 Å². The van der Waals surface area contributed by atoms with Crippen molar-refractivity contribution in [3.05, 3.63) is 0 Å². The molecule has 5 nitrogen and oxygen atoms in total. The van der Waals surface area contributed by atoms with Crippen LogP contribution in [0.15, 0.2) is 0 Å². The van der Waals surface area contributed by atoms with E-state index in [-0.39, 0.29) is 29.3 Å². The number of hydrogen-bond donors (Lipinski definition) is 1. The van der Waals surface area contributed by atoms with Crippen LogP contribution in [-0.2, 0) is 19.0 Å². The lowest BCUT2D eigenvalue weighted by atomic mass is 9.98. The Labute approximate surface area is 161 Å². The Bertz CT molecular complexity index is 405. The molecule has 1 aliphatic heterocycles. The maximum Gasteiger partial charge on any atom is 0.217 e. The number of rotatable bonds is 11. The quantitative estimate of drug-likeness (QED) is 0.425. The van der Waals surface area contributed by atoms with Crippen molar-refractivity contribution in [1.29, 1.82) is 0 Å². The molecule has 1 N–H and O–H groups in total. The highest BCUT2D eigenvalue weighted by atomic mass is 33.1. The van der Waals surface area contributed by atoms with Gasteiger partial charge in [-0.25, -0.2) is 0 Å². The molecule has 0 saturated carbocycles. The normalized spacial score (nSPS) is 22.0. The summed E-state index contributed by atoms with van der Waals surface area (Å²) in [6, 6.07) is -0.0751. The molecule has 1 rings (SSSR count). The first-order chi connectivity index (χ1) is 11.7. The van der Waals surface area contributed by atoms with E-state index < -0.39 is 0 Å². The minimum absolute atomic E-state index is 0.0458. The average molecular weight is 394 g/mol. The van der Waals surface area contributed by atoms with Crippen LogP contribution in [0.4, 0.5) is 0 Å². The second kappa shape index (κ2) is 11.0. The van der Waals surface area contributed by atoms with Crippen LogP contribution in [-0.4, -0.2) is 55.7 Å². The van der Waals surface area contributed by atoms with Gasteiger partial charge in [-0.1, -0.05) is 35.4 Å². The summed E-state index contributed by atoms with van der Waals surface area (Å²) in [5.41, 5.74) is -0.196. The van der Waals surface area contributed by atoms with Gasteiger partial charge in [-0.3, -0.25) is 4.79 Å². The van der Waals surface area contributed by atoms with Crippen molar-refractivity contribution < 1.29 is 19.0 Å². The fraction of sp³-hybridized carbons (Fsp3) is 0.944. The molecule has 1 fully saturated rings. The lowest BCUT2D eigenvalue weighted by molar-refractivity contribution is -0.231. The van der Waals surface area contributed by atoms with Crippen LogP contribution in [0.1, 0.15) is 53.9 Å². The highest BCUT2D eigenvalue weighted by Crippen LogP contribution is 2.29. The summed E-state index contributed by atoms with van der Waals surface area (Å²) >= 11 is 0. The number of carbonyl (C=O) groups is 1. The third kappa shape index (κ3) is 10.1. The molecule has 0 spiro atoms. The molecule has 0 aromatic rings. The van der Waals surface area contributed by atoms with Crippen molar-refractivity contribution in [2.45, 2.75) is 71.8 Å². The minimum atomic E-state index is -0.387. The Kier molecular flexibility index (Phi) is 10.2. The number of ether oxygens (including phenoxy) is 3. The Morgan fingerprint density at radius 1 is 1.32 bits per heavy atom. The van der Waals surface area contributed by atoms with Crippen molar-refractivity contribution in [1.82, 2.24) is 5.32 Å². The van der Waals surface area contributed by atoms with Crippen LogP contribution in [0.5, 0.6) is 0 Å². The first-order valence-electron chi connectivity index (χ1n) is 8.95. The van der Waals surface area contributed by atoms with Gasteiger partial charge in [0.15, 0.2) is 6.29 Å². The maximum absolute atomic E-state index is 11.4. The summed E-state index contributed by atoms with van der Waals surface area (Å²) in [4.78, 5) is 11.4. The molecular weight excluding hydrogens is 358 g/mol. The topological polar surface area (TPSA) is 56.8 Å². The SMILES string of the molecule is CSSCC(C)(C)COCCC(C)(C)OC1OCCCC1NC(C)=O. The van der Waals surface area contributed by atoms with Crippen molar-refractivity contribution >= 4 is 27.5 Å². The largest absolute Gasteiger partial charge is 0.381 e. The first kappa shape index (κ1) is 23.1. The van der Waals surface area contributed by atoms with E-state index in [1.165, 1.54) is 6.92 Å². The second-order valence-corrected chi connectivity index (χ2v) is 10.5. The van der Waals surface area contributed by atoms with Gasteiger partial charge in [-0.15, -0.1) is 0 Å². The molecule has 2 unspecified atom stereocenters. The third-order valence-electron chi connectivity index (χ3n) is 4.00. The average Bonchev–Trinajstić information content (AvgIpc) is 2.51. The maximum atomic E-state index is 11.4. The minimum Gasteiger partial charge on any atom is -0.381 e. The summed E-state index contributed by atoms with van der Waals surface area (Å²) in [5, 5.41) is 2.94. The van der Waals surface area contributed by atoms with Gasteiger partial charge < -0.3 is 19.5 Å². The van der Waals surface area contributed by atoms with E-state index in [0.29, 0.717) is 13.2 Å². The van der Waals surface area contributed by atoms with Crippen molar-refractivity contribution in [2.24, 2.45) is 5.41 Å². The van der Waals surface area contributed by atoms with Gasteiger partial charge in [0.1, 0.15) is 0 Å². The summed E-state index contributed by atoms with van der Waals surface area (Å²) in [5.74, 6) is 1.03.